The second kappa shape index (κ2) is 4.85. The van der Waals surface area contributed by atoms with Crippen molar-refractivity contribution in [3.05, 3.63) is 28.5 Å². The average Bonchev–Trinajstić information content (AvgIpc) is 2.96. The first-order valence-corrected chi connectivity index (χ1v) is 7.90. The molecule has 1 saturated carbocycles. The molecule has 5 heteroatoms. The Hall–Kier alpha value is -0.550. The molecule has 0 unspecified atom stereocenters. The number of halogens is 2. The lowest BCUT2D eigenvalue weighted by molar-refractivity contribution is 0.508. The van der Waals surface area contributed by atoms with Crippen molar-refractivity contribution in [3.63, 3.8) is 0 Å². The van der Waals surface area contributed by atoms with Gasteiger partial charge in [0.2, 0.25) is 0 Å². The van der Waals surface area contributed by atoms with Gasteiger partial charge in [-0.05, 0) is 47.0 Å². The molecule has 0 aromatic heterocycles. The zero-order valence-corrected chi connectivity index (χ0v) is 12.3. The van der Waals surface area contributed by atoms with Crippen LogP contribution in [0, 0.1) is 5.82 Å². The van der Waals surface area contributed by atoms with E-state index >= 15 is 0 Å². The Morgan fingerprint density at radius 1 is 1.33 bits per heavy atom. The maximum absolute atomic E-state index is 13.1. The maximum atomic E-state index is 13.1. The number of thioether (sulfide) groups is 1. The maximum Gasteiger partial charge on any atom is 0.161 e. The lowest BCUT2D eigenvalue weighted by Gasteiger charge is -2.16. The van der Waals surface area contributed by atoms with E-state index in [0.29, 0.717) is 4.47 Å². The summed E-state index contributed by atoms with van der Waals surface area (Å²) in [7, 11) is 0. The zero-order chi connectivity index (χ0) is 12.6. The molecule has 1 spiro atoms. The number of nitrogens with one attached hydrogen (secondary N) is 1. The van der Waals surface area contributed by atoms with Crippen molar-refractivity contribution >= 4 is 38.5 Å². The number of hydrogen-bond donors (Lipinski definition) is 1. The van der Waals surface area contributed by atoms with Crippen LogP contribution in [0.2, 0.25) is 0 Å². The zero-order valence-electron chi connectivity index (χ0n) is 9.88. The van der Waals surface area contributed by atoms with Crippen molar-refractivity contribution < 1.29 is 4.39 Å². The monoisotopic (exact) mass is 328 g/mol. The SMILES string of the molecule is Fc1ccc(NC2=NC3(CCCC3)CS2)cc1Br. The number of anilines is 1. The van der Waals surface area contributed by atoms with E-state index in [1.54, 1.807) is 23.9 Å². The summed E-state index contributed by atoms with van der Waals surface area (Å²) in [6, 6.07) is 4.94. The molecule has 0 radical (unpaired) electrons. The van der Waals surface area contributed by atoms with E-state index in [1.165, 1.54) is 31.7 Å². The molecular weight excluding hydrogens is 315 g/mol. The van der Waals surface area contributed by atoms with Crippen LogP contribution in [0.25, 0.3) is 0 Å². The fraction of sp³-hybridized carbons (Fsp3) is 0.462. The highest BCUT2D eigenvalue weighted by atomic mass is 79.9. The molecular formula is C13H14BrFN2S. The van der Waals surface area contributed by atoms with Crippen molar-refractivity contribution in [2.24, 2.45) is 4.99 Å². The molecule has 1 aromatic rings. The number of benzene rings is 1. The van der Waals surface area contributed by atoms with Crippen LogP contribution in [0.15, 0.2) is 27.7 Å². The third-order valence-electron chi connectivity index (χ3n) is 3.52. The van der Waals surface area contributed by atoms with Crippen molar-refractivity contribution in [2.45, 2.75) is 31.2 Å². The summed E-state index contributed by atoms with van der Waals surface area (Å²) >= 11 is 4.97. The van der Waals surface area contributed by atoms with Crippen LogP contribution < -0.4 is 5.32 Å². The molecule has 1 aliphatic carbocycles. The first-order chi connectivity index (χ1) is 8.67. The van der Waals surface area contributed by atoms with Gasteiger partial charge >= 0.3 is 0 Å². The lowest BCUT2D eigenvalue weighted by Crippen LogP contribution is -2.21. The van der Waals surface area contributed by atoms with Crippen LogP contribution in [0.4, 0.5) is 10.1 Å². The molecule has 96 valence electrons. The van der Waals surface area contributed by atoms with Gasteiger partial charge in [-0.3, -0.25) is 4.99 Å². The molecule has 1 aromatic carbocycles. The second-order valence-corrected chi connectivity index (χ2v) is 6.71. The molecule has 1 aliphatic heterocycles. The second-order valence-electron chi connectivity index (χ2n) is 4.89. The Labute approximate surface area is 119 Å². The summed E-state index contributed by atoms with van der Waals surface area (Å²) in [6.45, 7) is 0. The standard InChI is InChI=1S/C13H14BrFN2S/c14-10-7-9(3-4-11(10)15)16-12-17-13(8-18-12)5-1-2-6-13/h3-4,7H,1-2,5-6,8H2,(H,16,17). The molecule has 0 bridgehead atoms. The topological polar surface area (TPSA) is 24.4 Å². The minimum atomic E-state index is -0.242. The Balaban J connectivity index is 1.75. The van der Waals surface area contributed by atoms with Crippen molar-refractivity contribution in [1.82, 2.24) is 0 Å². The van der Waals surface area contributed by atoms with Gasteiger partial charge in [0.05, 0.1) is 10.0 Å². The van der Waals surface area contributed by atoms with Gasteiger partial charge in [0.25, 0.3) is 0 Å². The quantitative estimate of drug-likeness (QED) is 0.825. The highest BCUT2D eigenvalue weighted by Crippen LogP contribution is 2.41. The number of rotatable bonds is 1. The van der Waals surface area contributed by atoms with Gasteiger partial charge in [0, 0.05) is 11.4 Å². The highest BCUT2D eigenvalue weighted by molar-refractivity contribution is 9.10. The number of nitrogens with zero attached hydrogens (tertiary/aromatic N) is 1. The minimum Gasteiger partial charge on any atom is -0.335 e. The van der Waals surface area contributed by atoms with Crippen LogP contribution in [0.5, 0.6) is 0 Å². The number of hydrogen-bond acceptors (Lipinski definition) is 3. The van der Waals surface area contributed by atoms with Crippen LogP contribution in [0.1, 0.15) is 25.7 Å². The number of amidine groups is 1. The lowest BCUT2D eigenvalue weighted by atomic mass is 10.0. The van der Waals surface area contributed by atoms with E-state index in [0.717, 1.165) is 16.6 Å². The fourth-order valence-electron chi connectivity index (χ4n) is 2.53. The van der Waals surface area contributed by atoms with Gasteiger partial charge in [-0.15, -0.1) is 0 Å². The smallest absolute Gasteiger partial charge is 0.161 e. The van der Waals surface area contributed by atoms with E-state index in [2.05, 4.69) is 21.2 Å². The molecule has 0 atom stereocenters. The average molecular weight is 329 g/mol. The van der Waals surface area contributed by atoms with Gasteiger partial charge in [0.15, 0.2) is 5.17 Å². The molecule has 2 aliphatic rings. The summed E-state index contributed by atoms with van der Waals surface area (Å²) in [6.07, 6.45) is 5.00. The van der Waals surface area contributed by atoms with E-state index < -0.39 is 0 Å². The summed E-state index contributed by atoms with van der Waals surface area (Å²) < 4.78 is 13.6. The summed E-state index contributed by atoms with van der Waals surface area (Å²) in [5.74, 6) is 0.839. The first-order valence-electron chi connectivity index (χ1n) is 6.12. The predicted molar refractivity (Wildman–Crippen MR) is 78.8 cm³/mol. The van der Waals surface area contributed by atoms with E-state index in [1.807, 2.05) is 0 Å². The first kappa shape index (κ1) is 12.5. The van der Waals surface area contributed by atoms with Gasteiger partial charge in [0.1, 0.15) is 5.82 Å². The van der Waals surface area contributed by atoms with Crippen LogP contribution >= 0.6 is 27.7 Å². The van der Waals surface area contributed by atoms with Crippen molar-refractivity contribution in [3.8, 4) is 0 Å². The van der Waals surface area contributed by atoms with E-state index in [-0.39, 0.29) is 11.4 Å². The fourth-order valence-corrected chi connectivity index (χ4v) is 4.12. The van der Waals surface area contributed by atoms with Crippen molar-refractivity contribution in [2.75, 3.05) is 11.1 Å². The molecule has 1 fully saturated rings. The Bertz CT molecular complexity index is 498. The van der Waals surface area contributed by atoms with E-state index in [4.69, 9.17) is 4.99 Å². The largest absolute Gasteiger partial charge is 0.335 e. The summed E-state index contributed by atoms with van der Waals surface area (Å²) in [5, 5.41) is 4.24. The normalized spacial score (nSPS) is 21.3. The highest BCUT2D eigenvalue weighted by Gasteiger charge is 2.38. The van der Waals surface area contributed by atoms with Gasteiger partial charge in [-0.25, -0.2) is 4.39 Å². The van der Waals surface area contributed by atoms with Crippen molar-refractivity contribution in [1.29, 1.82) is 0 Å². The molecule has 0 amide bonds. The van der Waals surface area contributed by atoms with E-state index in [9.17, 15) is 4.39 Å². The Morgan fingerprint density at radius 2 is 2.11 bits per heavy atom. The predicted octanol–water partition coefficient (Wildman–Crippen LogP) is 4.42. The van der Waals surface area contributed by atoms with Crippen LogP contribution in [0.3, 0.4) is 0 Å². The van der Waals surface area contributed by atoms with Crippen LogP contribution in [-0.4, -0.2) is 16.5 Å². The van der Waals surface area contributed by atoms with Gasteiger partial charge in [-0.2, -0.15) is 0 Å². The minimum absolute atomic E-state index is 0.185. The molecule has 0 saturated heterocycles. The Kier molecular flexibility index (Phi) is 3.36. The summed E-state index contributed by atoms with van der Waals surface area (Å²) in [4.78, 5) is 4.83. The molecule has 1 heterocycles. The number of aliphatic imine (C=N–C) groups is 1. The third kappa shape index (κ3) is 2.43. The molecule has 3 rings (SSSR count). The molecule has 18 heavy (non-hydrogen) atoms. The third-order valence-corrected chi connectivity index (χ3v) is 5.28. The van der Waals surface area contributed by atoms with Gasteiger partial charge < -0.3 is 5.32 Å². The summed E-state index contributed by atoms with van der Waals surface area (Å²) in [5.41, 5.74) is 1.06. The van der Waals surface area contributed by atoms with Crippen LogP contribution in [-0.2, 0) is 0 Å². The molecule has 1 N–H and O–H groups in total. The van der Waals surface area contributed by atoms with Gasteiger partial charge in [-0.1, -0.05) is 24.6 Å². The molecule has 2 nitrogen and oxygen atoms in total. The Morgan fingerprint density at radius 3 is 2.83 bits per heavy atom.